The van der Waals surface area contributed by atoms with Gasteiger partial charge in [-0.15, -0.1) is 0 Å². The molecule has 2 aromatic carbocycles. The summed E-state index contributed by atoms with van der Waals surface area (Å²) >= 11 is 0. The van der Waals surface area contributed by atoms with Gasteiger partial charge >= 0.3 is 0 Å². The number of hydrogen-bond donors (Lipinski definition) is 2. The van der Waals surface area contributed by atoms with Crippen LogP contribution in [-0.4, -0.2) is 29.7 Å². The molecular formula is C25H26N4. The summed E-state index contributed by atoms with van der Waals surface area (Å²) in [5, 5.41) is 0. The van der Waals surface area contributed by atoms with Crippen molar-refractivity contribution in [3.05, 3.63) is 83.6 Å². The number of piperidine rings is 1. The van der Waals surface area contributed by atoms with Crippen molar-refractivity contribution in [1.29, 1.82) is 0 Å². The fourth-order valence-electron chi connectivity index (χ4n) is 6.09. The SMILES string of the molecule is C/C=C1\CN2CCC34C(=Nc5ccccc53)/C(=C\NNc3ccccc3)C1CC24. The van der Waals surface area contributed by atoms with Crippen LogP contribution in [-0.2, 0) is 5.41 Å². The van der Waals surface area contributed by atoms with Gasteiger partial charge in [0.1, 0.15) is 0 Å². The molecule has 3 heterocycles. The molecule has 0 radical (unpaired) electrons. The maximum atomic E-state index is 5.23. The molecular weight excluding hydrogens is 356 g/mol. The number of hydrazine groups is 1. The molecule has 4 heteroatoms. The van der Waals surface area contributed by atoms with Gasteiger partial charge in [-0.2, -0.15) is 0 Å². The van der Waals surface area contributed by atoms with Crippen LogP contribution in [0.15, 0.2) is 83.0 Å². The fraction of sp³-hybridized carbons (Fsp3) is 0.320. The molecule has 0 aromatic heterocycles. The number of nitrogens with one attached hydrogen (secondary N) is 2. The van der Waals surface area contributed by atoms with Crippen LogP contribution in [0, 0.1) is 5.92 Å². The van der Waals surface area contributed by atoms with Gasteiger partial charge in [0.2, 0.25) is 0 Å². The molecule has 0 amide bonds. The van der Waals surface area contributed by atoms with Crippen molar-refractivity contribution in [2.24, 2.45) is 10.9 Å². The van der Waals surface area contributed by atoms with E-state index in [0.29, 0.717) is 12.0 Å². The molecule has 2 aromatic rings. The predicted octanol–water partition coefficient (Wildman–Crippen LogP) is 4.57. The molecule has 4 nitrogen and oxygen atoms in total. The quantitative estimate of drug-likeness (QED) is 0.604. The molecule has 2 bridgehead atoms. The number of benzene rings is 2. The number of aliphatic imine (C=N–C) groups is 1. The van der Waals surface area contributed by atoms with Crippen LogP contribution in [0.4, 0.5) is 11.4 Å². The van der Waals surface area contributed by atoms with Gasteiger partial charge in [0.05, 0.1) is 22.5 Å². The summed E-state index contributed by atoms with van der Waals surface area (Å²) in [6.45, 7) is 4.43. The first-order valence-corrected chi connectivity index (χ1v) is 10.7. The van der Waals surface area contributed by atoms with Crippen LogP contribution in [0.2, 0.25) is 0 Å². The minimum Gasteiger partial charge on any atom is -0.308 e. The van der Waals surface area contributed by atoms with E-state index in [4.69, 9.17) is 4.99 Å². The Morgan fingerprint density at radius 2 is 1.93 bits per heavy atom. The van der Waals surface area contributed by atoms with Gasteiger partial charge in [-0.1, -0.05) is 48.0 Å². The smallest absolute Gasteiger partial charge is 0.0675 e. The maximum absolute atomic E-state index is 5.23. The molecule has 1 aliphatic carbocycles. The highest BCUT2D eigenvalue weighted by molar-refractivity contribution is 6.15. The zero-order valence-electron chi connectivity index (χ0n) is 16.7. The van der Waals surface area contributed by atoms with E-state index in [1.165, 1.54) is 41.0 Å². The lowest BCUT2D eigenvalue weighted by atomic mass is 9.59. The van der Waals surface area contributed by atoms with Gasteiger partial charge < -0.3 is 10.9 Å². The lowest BCUT2D eigenvalue weighted by molar-refractivity contribution is 0.179. The van der Waals surface area contributed by atoms with Crippen molar-refractivity contribution in [2.45, 2.75) is 31.2 Å². The molecule has 1 spiro atoms. The molecule has 1 saturated carbocycles. The molecule has 2 saturated heterocycles. The largest absolute Gasteiger partial charge is 0.308 e. The van der Waals surface area contributed by atoms with Crippen molar-refractivity contribution in [2.75, 3.05) is 18.5 Å². The number of hydrogen-bond acceptors (Lipinski definition) is 4. The number of nitrogens with zero attached hydrogens (tertiary/aromatic N) is 2. The van der Waals surface area contributed by atoms with Gasteiger partial charge in [0.15, 0.2) is 0 Å². The second kappa shape index (κ2) is 6.33. The topological polar surface area (TPSA) is 39.7 Å². The van der Waals surface area contributed by atoms with E-state index in [1.807, 2.05) is 18.2 Å². The third-order valence-electron chi connectivity index (χ3n) is 7.37. The summed E-state index contributed by atoms with van der Waals surface area (Å²) in [6, 6.07) is 19.6. The molecule has 6 rings (SSSR count). The number of para-hydroxylation sites is 2. The molecule has 3 atom stereocenters. The zero-order chi connectivity index (χ0) is 19.4. The number of rotatable bonds is 3. The summed E-state index contributed by atoms with van der Waals surface area (Å²) in [5.74, 6) is 0.450. The Bertz CT molecular complexity index is 1050. The second-order valence-corrected chi connectivity index (χ2v) is 8.57. The van der Waals surface area contributed by atoms with Crippen LogP contribution in [0.3, 0.4) is 0 Å². The standard InChI is InChI=1S/C25H26N4/c1-2-17-16-29-13-12-25-21-10-6-7-11-22(21)27-24(25)20(19(17)14-23(25)29)15-26-28-18-8-4-3-5-9-18/h2-11,15,19,23,26,28H,12-14,16H2,1H3/b17-2+,20-15-. The van der Waals surface area contributed by atoms with E-state index in [9.17, 15) is 0 Å². The minimum absolute atomic E-state index is 0.0621. The van der Waals surface area contributed by atoms with Crippen molar-refractivity contribution < 1.29 is 0 Å². The van der Waals surface area contributed by atoms with Crippen molar-refractivity contribution >= 4 is 17.1 Å². The van der Waals surface area contributed by atoms with Crippen molar-refractivity contribution in [1.82, 2.24) is 10.3 Å². The van der Waals surface area contributed by atoms with E-state index in [-0.39, 0.29) is 5.41 Å². The Morgan fingerprint density at radius 3 is 2.79 bits per heavy atom. The lowest BCUT2D eigenvalue weighted by Crippen LogP contribution is -2.56. The van der Waals surface area contributed by atoms with E-state index in [0.717, 1.165) is 18.8 Å². The number of fused-ring (bicyclic) bond motifs is 2. The molecule has 3 unspecified atom stereocenters. The zero-order valence-corrected chi connectivity index (χ0v) is 16.7. The molecule has 3 aliphatic heterocycles. The van der Waals surface area contributed by atoms with Gasteiger partial charge in [-0.3, -0.25) is 9.89 Å². The van der Waals surface area contributed by atoms with Gasteiger partial charge in [-0.25, -0.2) is 0 Å². The van der Waals surface area contributed by atoms with Crippen LogP contribution in [0.1, 0.15) is 25.3 Å². The second-order valence-electron chi connectivity index (χ2n) is 8.57. The van der Waals surface area contributed by atoms with E-state index < -0.39 is 0 Å². The molecule has 146 valence electrons. The molecule has 4 aliphatic rings. The predicted molar refractivity (Wildman–Crippen MR) is 118 cm³/mol. The van der Waals surface area contributed by atoms with Gasteiger partial charge in [0.25, 0.3) is 0 Å². The first kappa shape index (κ1) is 17.0. The average molecular weight is 383 g/mol. The summed E-state index contributed by atoms with van der Waals surface area (Å²) in [4.78, 5) is 7.93. The van der Waals surface area contributed by atoms with Crippen LogP contribution < -0.4 is 10.9 Å². The van der Waals surface area contributed by atoms with Crippen LogP contribution in [0.5, 0.6) is 0 Å². The van der Waals surface area contributed by atoms with E-state index in [1.54, 1.807) is 0 Å². The highest BCUT2D eigenvalue weighted by Crippen LogP contribution is 2.59. The van der Waals surface area contributed by atoms with Crippen molar-refractivity contribution in [3.63, 3.8) is 0 Å². The van der Waals surface area contributed by atoms with Crippen molar-refractivity contribution in [3.8, 4) is 0 Å². The summed E-state index contributed by atoms with van der Waals surface area (Å²) in [5.41, 5.74) is 14.6. The monoisotopic (exact) mass is 382 g/mol. The highest BCUT2D eigenvalue weighted by atomic mass is 15.3. The van der Waals surface area contributed by atoms with Gasteiger partial charge in [-0.05, 0) is 49.1 Å². The Hall–Kier alpha value is -2.85. The molecule has 3 fully saturated rings. The Kier molecular flexibility index (Phi) is 3.72. The summed E-state index contributed by atoms with van der Waals surface area (Å²) in [6.07, 6.45) is 6.86. The average Bonchev–Trinajstić information content (AvgIpc) is 3.32. The lowest BCUT2D eigenvalue weighted by Gasteiger charge is -2.49. The van der Waals surface area contributed by atoms with Crippen LogP contribution >= 0.6 is 0 Å². The fourth-order valence-corrected chi connectivity index (χ4v) is 6.09. The molecule has 29 heavy (non-hydrogen) atoms. The first-order chi connectivity index (χ1) is 14.3. The summed E-state index contributed by atoms with van der Waals surface area (Å²) < 4.78 is 0. The van der Waals surface area contributed by atoms with E-state index in [2.05, 4.69) is 71.3 Å². The third kappa shape index (κ3) is 2.32. The Balaban J connectivity index is 1.44. The number of allylic oxidation sites excluding steroid dienone is 2. The normalized spacial score (nSPS) is 32.1. The number of anilines is 1. The maximum Gasteiger partial charge on any atom is 0.0675 e. The molecule has 2 N–H and O–H groups in total. The van der Waals surface area contributed by atoms with Crippen LogP contribution in [0.25, 0.3) is 0 Å². The summed E-state index contributed by atoms with van der Waals surface area (Å²) in [7, 11) is 0. The van der Waals surface area contributed by atoms with Gasteiger partial charge in [0, 0.05) is 31.2 Å². The van der Waals surface area contributed by atoms with E-state index >= 15 is 0 Å². The Labute approximate surface area is 172 Å². The third-order valence-corrected chi connectivity index (χ3v) is 7.37. The Morgan fingerprint density at radius 1 is 1.10 bits per heavy atom. The first-order valence-electron chi connectivity index (χ1n) is 10.7. The minimum atomic E-state index is 0.0621. The highest BCUT2D eigenvalue weighted by Gasteiger charge is 2.61.